The van der Waals surface area contributed by atoms with Crippen LogP contribution in [-0.4, -0.2) is 23.8 Å². The summed E-state index contributed by atoms with van der Waals surface area (Å²) in [6.07, 6.45) is 1.30. The van der Waals surface area contributed by atoms with Crippen LogP contribution in [0.25, 0.3) is 0 Å². The minimum Gasteiger partial charge on any atom is -0.434 e. The van der Waals surface area contributed by atoms with Gasteiger partial charge in [0.25, 0.3) is 0 Å². The van der Waals surface area contributed by atoms with E-state index in [4.69, 9.17) is 14.4 Å². The minimum absolute atomic E-state index is 0.194. The highest BCUT2D eigenvalue weighted by Gasteiger charge is 2.49. The van der Waals surface area contributed by atoms with Crippen LogP contribution in [0.4, 0.5) is 4.79 Å². The highest BCUT2D eigenvalue weighted by Crippen LogP contribution is 2.43. The molecular formula is C21H22O6. The van der Waals surface area contributed by atoms with E-state index in [0.717, 1.165) is 18.4 Å². The summed E-state index contributed by atoms with van der Waals surface area (Å²) >= 11 is 0. The second-order valence-corrected chi connectivity index (χ2v) is 6.37. The predicted molar refractivity (Wildman–Crippen MR) is 97.5 cm³/mol. The van der Waals surface area contributed by atoms with Crippen LogP contribution in [0.1, 0.15) is 59.3 Å². The van der Waals surface area contributed by atoms with Gasteiger partial charge in [-0.15, -0.1) is 0 Å². The third-order valence-corrected chi connectivity index (χ3v) is 4.69. The number of aryl methyl sites for hydroxylation is 1. The Bertz CT molecular complexity index is 860. The molecule has 0 spiro atoms. The van der Waals surface area contributed by atoms with Crippen molar-refractivity contribution < 1.29 is 29.2 Å². The van der Waals surface area contributed by atoms with Crippen LogP contribution in [0, 0.1) is 0 Å². The molecule has 2 aromatic rings. The molecule has 0 saturated heterocycles. The Hall–Kier alpha value is -2.70. The largest absolute Gasteiger partial charge is 0.511 e. The summed E-state index contributed by atoms with van der Waals surface area (Å²) in [5.74, 6) is -2.18. The maximum absolute atomic E-state index is 13.0. The number of hydrogen-bond donors (Lipinski definition) is 1. The molecular weight excluding hydrogens is 348 g/mol. The Morgan fingerprint density at radius 3 is 2.52 bits per heavy atom. The van der Waals surface area contributed by atoms with Gasteiger partial charge in [-0.3, -0.25) is 4.79 Å². The van der Waals surface area contributed by atoms with Gasteiger partial charge in [0.05, 0.1) is 6.61 Å². The van der Waals surface area contributed by atoms with Crippen molar-refractivity contribution in [3.05, 3.63) is 70.3 Å². The molecule has 27 heavy (non-hydrogen) atoms. The molecule has 6 nitrogen and oxygen atoms in total. The van der Waals surface area contributed by atoms with E-state index >= 15 is 0 Å². The highest BCUT2D eigenvalue weighted by atomic mass is 17.2. The quantitative estimate of drug-likeness (QED) is 0.266. The van der Waals surface area contributed by atoms with Crippen molar-refractivity contribution in [1.29, 1.82) is 0 Å². The standard InChI is InChI=1S/C21H22O6/c1-3-5-12-25-20(23)26-21(27-24)17-9-7-6-8-15(17)19(22)16-13-14(4-2)10-11-18(16)21/h6-11,13,24H,3-5,12H2,1-2H3. The van der Waals surface area contributed by atoms with E-state index in [9.17, 15) is 14.8 Å². The number of carbonyl (C=O) groups excluding carboxylic acids is 2. The molecule has 6 heteroatoms. The molecule has 3 rings (SSSR count). The topological polar surface area (TPSA) is 82.1 Å². The first-order valence-corrected chi connectivity index (χ1v) is 9.03. The van der Waals surface area contributed by atoms with Gasteiger partial charge in [-0.05, 0) is 24.5 Å². The Morgan fingerprint density at radius 2 is 1.81 bits per heavy atom. The molecule has 142 valence electrons. The van der Waals surface area contributed by atoms with Crippen LogP contribution in [-0.2, 0) is 26.6 Å². The number of unbranched alkanes of at least 4 members (excludes halogenated alkanes) is 1. The zero-order chi connectivity index (χ0) is 19.4. The molecule has 0 bridgehead atoms. The van der Waals surface area contributed by atoms with Crippen LogP contribution in [0.3, 0.4) is 0 Å². The van der Waals surface area contributed by atoms with E-state index in [1.165, 1.54) is 0 Å². The number of carbonyl (C=O) groups is 2. The van der Waals surface area contributed by atoms with Gasteiger partial charge in [0, 0.05) is 22.3 Å². The summed E-state index contributed by atoms with van der Waals surface area (Å²) < 4.78 is 10.5. The molecule has 1 aliphatic rings. The molecule has 0 fully saturated rings. The van der Waals surface area contributed by atoms with Crippen LogP contribution in [0.5, 0.6) is 0 Å². The minimum atomic E-state index is -1.96. The SMILES string of the molecule is CCCCOC(=O)OC1(OO)c2ccccc2C(=O)c2cc(CC)ccc21. The third kappa shape index (κ3) is 3.34. The fraction of sp³-hybridized carbons (Fsp3) is 0.333. The summed E-state index contributed by atoms with van der Waals surface area (Å²) in [6, 6.07) is 11.7. The van der Waals surface area contributed by atoms with E-state index in [0.29, 0.717) is 17.5 Å². The summed E-state index contributed by atoms with van der Waals surface area (Å²) in [4.78, 5) is 30.0. The maximum Gasteiger partial charge on any atom is 0.511 e. The first-order chi connectivity index (χ1) is 13.1. The summed E-state index contributed by atoms with van der Waals surface area (Å²) in [7, 11) is 0. The lowest BCUT2D eigenvalue weighted by atomic mass is 9.79. The van der Waals surface area contributed by atoms with Crippen molar-refractivity contribution >= 4 is 11.9 Å². The van der Waals surface area contributed by atoms with E-state index in [1.54, 1.807) is 42.5 Å². The van der Waals surface area contributed by atoms with Gasteiger partial charge in [-0.2, -0.15) is 4.89 Å². The lowest BCUT2D eigenvalue weighted by molar-refractivity contribution is -0.383. The lowest BCUT2D eigenvalue weighted by Gasteiger charge is -2.35. The number of ketones is 1. The normalized spacial score (nSPS) is 17.8. The molecule has 0 aliphatic heterocycles. The van der Waals surface area contributed by atoms with Crippen molar-refractivity contribution in [2.24, 2.45) is 0 Å². The molecule has 1 unspecified atom stereocenters. The van der Waals surface area contributed by atoms with Crippen molar-refractivity contribution in [3.8, 4) is 0 Å². The van der Waals surface area contributed by atoms with E-state index in [2.05, 4.69) is 0 Å². The average molecular weight is 370 g/mol. The van der Waals surface area contributed by atoms with Gasteiger partial charge in [-0.25, -0.2) is 10.1 Å². The summed E-state index contributed by atoms with van der Waals surface area (Å²) in [5.41, 5.74) is 2.08. The molecule has 2 aromatic carbocycles. The Morgan fingerprint density at radius 1 is 1.07 bits per heavy atom. The smallest absolute Gasteiger partial charge is 0.434 e. The van der Waals surface area contributed by atoms with Gasteiger partial charge < -0.3 is 9.47 Å². The molecule has 1 N–H and O–H groups in total. The summed E-state index contributed by atoms with van der Waals surface area (Å²) in [5, 5.41) is 9.82. The zero-order valence-corrected chi connectivity index (χ0v) is 15.4. The van der Waals surface area contributed by atoms with Crippen molar-refractivity contribution in [2.75, 3.05) is 6.61 Å². The number of benzene rings is 2. The number of rotatable bonds is 6. The highest BCUT2D eigenvalue weighted by molar-refractivity contribution is 6.13. The molecule has 0 radical (unpaired) electrons. The number of fused-ring (bicyclic) bond motifs is 2. The first-order valence-electron chi connectivity index (χ1n) is 9.03. The Kier molecular flexibility index (Phi) is 5.58. The number of ether oxygens (including phenoxy) is 2. The van der Waals surface area contributed by atoms with Crippen LogP contribution < -0.4 is 0 Å². The maximum atomic E-state index is 13.0. The Balaban J connectivity index is 2.11. The number of hydrogen-bond acceptors (Lipinski definition) is 6. The first kappa shape index (κ1) is 19.1. The third-order valence-electron chi connectivity index (χ3n) is 4.69. The molecule has 0 aromatic heterocycles. The second kappa shape index (κ2) is 7.90. The predicted octanol–water partition coefficient (Wildman–Crippen LogP) is 4.44. The van der Waals surface area contributed by atoms with Crippen LogP contribution >= 0.6 is 0 Å². The summed E-state index contributed by atoms with van der Waals surface area (Å²) in [6.45, 7) is 4.14. The Labute approximate surface area is 157 Å². The second-order valence-electron chi connectivity index (χ2n) is 6.37. The lowest BCUT2D eigenvalue weighted by Crippen LogP contribution is -2.42. The van der Waals surface area contributed by atoms with E-state index < -0.39 is 11.9 Å². The van der Waals surface area contributed by atoms with E-state index in [-0.39, 0.29) is 23.5 Å². The zero-order valence-electron chi connectivity index (χ0n) is 15.4. The van der Waals surface area contributed by atoms with Gasteiger partial charge >= 0.3 is 11.9 Å². The van der Waals surface area contributed by atoms with Crippen LogP contribution in [0.15, 0.2) is 42.5 Å². The molecule has 0 amide bonds. The molecule has 1 aliphatic carbocycles. The fourth-order valence-corrected chi connectivity index (χ4v) is 3.22. The van der Waals surface area contributed by atoms with Gasteiger partial charge in [0.1, 0.15) is 0 Å². The van der Waals surface area contributed by atoms with Gasteiger partial charge in [0.2, 0.25) is 0 Å². The van der Waals surface area contributed by atoms with Crippen LogP contribution in [0.2, 0.25) is 0 Å². The molecule has 0 saturated carbocycles. The van der Waals surface area contributed by atoms with Gasteiger partial charge in [0.15, 0.2) is 5.78 Å². The molecule has 0 heterocycles. The van der Waals surface area contributed by atoms with E-state index in [1.807, 2.05) is 13.8 Å². The monoisotopic (exact) mass is 370 g/mol. The van der Waals surface area contributed by atoms with Gasteiger partial charge in [-0.1, -0.05) is 56.7 Å². The van der Waals surface area contributed by atoms with Crippen molar-refractivity contribution in [2.45, 2.75) is 38.9 Å². The fourth-order valence-electron chi connectivity index (χ4n) is 3.22. The van der Waals surface area contributed by atoms with Crippen molar-refractivity contribution in [1.82, 2.24) is 0 Å². The average Bonchev–Trinajstić information content (AvgIpc) is 2.71. The van der Waals surface area contributed by atoms with Crippen molar-refractivity contribution in [3.63, 3.8) is 0 Å². The molecule has 1 atom stereocenters.